The van der Waals surface area contributed by atoms with Gasteiger partial charge in [-0.25, -0.2) is 9.59 Å². The summed E-state index contributed by atoms with van der Waals surface area (Å²) in [4.78, 5) is 37.5. The topological polar surface area (TPSA) is 203 Å². The fourth-order valence-electron chi connectivity index (χ4n) is 9.00. The maximum atomic E-state index is 11.5. The summed E-state index contributed by atoms with van der Waals surface area (Å²) in [5.41, 5.74) is 8.10. The van der Waals surface area contributed by atoms with Gasteiger partial charge < -0.3 is 52.3 Å². The van der Waals surface area contributed by atoms with Gasteiger partial charge in [0.2, 0.25) is 0 Å². The van der Waals surface area contributed by atoms with Crippen LogP contribution in [0.3, 0.4) is 0 Å². The van der Waals surface area contributed by atoms with Gasteiger partial charge in [0, 0.05) is 42.9 Å². The number of carbonyl (C=O) groups excluding carboxylic acids is 2. The molecular weight excluding hydrogens is 1020 g/mol. The van der Waals surface area contributed by atoms with Gasteiger partial charge in [-0.3, -0.25) is 14.6 Å². The molecule has 8 aromatic rings. The van der Waals surface area contributed by atoms with Crippen LogP contribution in [0.4, 0.5) is 0 Å². The van der Waals surface area contributed by atoms with Crippen LogP contribution < -0.4 is 53.2 Å². The Bertz CT molecular complexity index is 3160. The van der Waals surface area contributed by atoms with E-state index >= 15 is 0 Å². The third-order valence-electron chi connectivity index (χ3n) is 13.1. The predicted octanol–water partition coefficient (Wildman–Crippen LogP) is 8.11. The number of ether oxygens (including phenoxy) is 6. The van der Waals surface area contributed by atoms with E-state index in [1.807, 2.05) is 121 Å². The zero-order valence-electron chi connectivity index (χ0n) is 45.3. The van der Waals surface area contributed by atoms with Crippen LogP contribution in [0.5, 0.6) is 28.7 Å². The smallest absolute Gasteiger partial charge is 0.870 e. The number of rotatable bonds is 18. The molecular formula is C62H65N2NaO14. The van der Waals surface area contributed by atoms with Crippen LogP contribution in [0.25, 0.3) is 34.0 Å². The van der Waals surface area contributed by atoms with Crippen LogP contribution in [0.2, 0.25) is 0 Å². The van der Waals surface area contributed by atoms with E-state index in [-0.39, 0.29) is 54.2 Å². The number of carbonyl (C=O) groups is 3. The van der Waals surface area contributed by atoms with Crippen molar-refractivity contribution in [3.63, 3.8) is 0 Å². The summed E-state index contributed by atoms with van der Waals surface area (Å²) in [5, 5.41) is 8.78. The van der Waals surface area contributed by atoms with Gasteiger partial charge >= 0.3 is 41.5 Å². The number of carboxylic acids is 1. The normalized spacial score (nSPS) is 12.8. The molecule has 5 heterocycles. The second-order valence-corrected chi connectivity index (χ2v) is 18.2. The molecule has 10 rings (SSSR count). The van der Waals surface area contributed by atoms with Crippen LogP contribution in [0, 0.1) is 0 Å². The van der Waals surface area contributed by atoms with Crippen LogP contribution in [-0.2, 0) is 53.1 Å². The molecule has 0 aliphatic carbocycles. The minimum atomic E-state index is -0.969. The SMILES string of the molecule is CCOC(=O)COc1ccc2c(c1)CCN(Cc1ccc(-c3ccc(OC)cc3)o1)CC2.COc1ccc(-c2ccc(C=O)o2)cc1.COc1ccc(-c2ccc(CN3CCc4ccc(OCC(=O)O)cc4CC3)o2)cc1.[Na+].[OH-]. The van der Waals surface area contributed by atoms with Gasteiger partial charge in [-0.15, -0.1) is 0 Å². The summed E-state index contributed by atoms with van der Waals surface area (Å²) in [6.45, 7) is 7.06. The third kappa shape index (κ3) is 17.7. The van der Waals surface area contributed by atoms with Crippen LogP contribution >= 0.6 is 0 Å². The van der Waals surface area contributed by atoms with Crippen molar-refractivity contribution in [3.8, 4) is 62.7 Å². The van der Waals surface area contributed by atoms with Crippen molar-refractivity contribution in [2.45, 2.75) is 45.7 Å². The van der Waals surface area contributed by atoms with E-state index in [0.717, 1.165) is 122 Å². The Morgan fingerprint density at radius 3 is 1.27 bits per heavy atom. The maximum Gasteiger partial charge on any atom is 1.00 e. The van der Waals surface area contributed by atoms with E-state index in [4.69, 9.17) is 46.8 Å². The largest absolute Gasteiger partial charge is 1.00 e. The second-order valence-electron chi connectivity index (χ2n) is 18.2. The van der Waals surface area contributed by atoms with Gasteiger partial charge in [0.05, 0.1) is 41.0 Å². The summed E-state index contributed by atoms with van der Waals surface area (Å²) >= 11 is 0. The molecule has 408 valence electrons. The van der Waals surface area contributed by atoms with Gasteiger partial charge in [-0.1, -0.05) is 12.1 Å². The molecule has 17 heteroatoms. The molecule has 0 saturated heterocycles. The molecule has 0 fully saturated rings. The molecule has 0 spiro atoms. The van der Waals surface area contributed by atoms with Crippen LogP contribution in [0.15, 0.2) is 159 Å². The molecule has 0 atom stereocenters. The van der Waals surface area contributed by atoms with E-state index < -0.39 is 5.97 Å². The number of fused-ring (bicyclic) bond motifs is 2. The molecule has 3 aromatic heterocycles. The average molecular weight is 1090 g/mol. The Balaban J connectivity index is 0.000000200. The van der Waals surface area contributed by atoms with E-state index in [2.05, 4.69) is 21.9 Å². The van der Waals surface area contributed by atoms with E-state index in [9.17, 15) is 14.4 Å². The first-order valence-corrected chi connectivity index (χ1v) is 25.6. The zero-order chi connectivity index (χ0) is 53.9. The number of esters is 1. The quantitative estimate of drug-likeness (QED) is 0.0490. The predicted molar refractivity (Wildman–Crippen MR) is 293 cm³/mol. The summed E-state index contributed by atoms with van der Waals surface area (Å²) in [6, 6.07) is 46.7. The van der Waals surface area contributed by atoms with E-state index in [1.54, 1.807) is 40.4 Å². The molecule has 0 unspecified atom stereocenters. The maximum absolute atomic E-state index is 11.5. The first-order valence-electron chi connectivity index (χ1n) is 25.6. The fraction of sp³-hybridized carbons (Fsp3) is 0.274. The van der Waals surface area contributed by atoms with Gasteiger partial charge in [-0.2, -0.15) is 0 Å². The van der Waals surface area contributed by atoms with Gasteiger partial charge in [0.25, 0.3) is 0 Å². The third-order valence-corrected chi connectivity index (χ3v) is 13.1. The Labute approximate surface area is 482 Å². The van der Waals surface area contributed by atoms with E-state index in [0.29, 0.717) is 35.9 Å². The van der Waals surface area contributed by atoms with Crippen molar-refractivity contribution in [2.24, 2.45) is 0 Å². The summed E-state index contributed by atoms with van der Waals surface area (Å²) in [6.07, 6.45) is 4.43. The molecule has 79 heavy (non-hydrogen) atoms. The number of benzene rings is 5. The Kier molecular flexibility index (Phi) is 23.5. The number of aldehydes is 1. The van der Waals surface area contributed by atoms with Crippen molar-refractivity contribution in [2.75, 3.05) is 67.3 Å². The first kappa shape index (κ1) is 60.7. The molecule has 0 saturated carbocycles. The number of aliphatic carboxylic acids is 1. The molecule has 5 aromatic carbocycles. The van der Waals surface area contributed by atoms with Crippen molar-refractivity contribution >= 4 is 18.2 Å². The Hall–Kier alpha value is -7.57. The van der Waals surface area contributed by atoms with Crippen molar-refractivity contribution < 1.29 is 96.2 Å². The van der Waals surface area contributed by atoms with Gasteiger partial charge in [0.1, 0.15) is 57.5 Å². The molecule has 16 nitrogen and oxygen atoms in total. The summed E-state index contributed by atoms with van der Waals surface area (Å²) in [7, 11) is 4.94. The molecule has 2 aliphatic heterocycles. The van der Waals surface area contributed by atoms with Crippen molar-refractivity contribution in [1.82, 2.24) is 9.80 Å². The second kappa shape index (κ2) is 30.5. The minimum absolute atomic E-state index is 0. The molecule has 0 amide bonds. The standard InChI is InChI=1S/C26H29NO5.C24H25NO5.C12H10O3.Na.H2O/c1-3-30-26(28)18-31-23-9-4-19-12-14-27(15-13-21(19)16-23)17-24-10-11-25(32-24)20-5-7-22(29-2)8-6-20;1-28-20-5-3-18(4-6-20)23-9-8-22(30-23)15-25-12-10-17-2-7-21(29-16-24(26)27)14-19(17)11-13-25;1-14-10-4-2-9(3-5-10)12-7-6-11(8-13)15-12;;/h4-11,16H,3,12-15,17-18H2,1-2H3;2-9,14H,10-13,15-16H2,1H3,(H,26,27);2-8H,1H3;;1H2/q;;;+1;/p-1. The number of furan rings is 3. The molecule has 2 aliphatic rings. The number of hydrogen-bond donors (Lipinski definition) is 1. The fourth-order valence-corrected chi connectivity index (χ4v) is 9.00. The number of methoxy groups -OCH3 is 3. The van der Waals surface area contributed by atoms with Gasteiger partial charge in [-0.05, 0) is 188 Å². The number of carboxylic acid groups (broad SMARTS) is 1. The number of nitrogens with zero attached hydrogens (tertiary/aromatic N) is 2. The molecule has 2 N–H and O–H groups in total. The zero-order valence-corrected chi connectivity index (χ0v) is 47.3. The minimum Gasteiger partial charge on any atom is -0.870 e. The molecule has 0 radical (unpaired) electrons. The first-order chi connectivity index (χ1) is 37.6. The van der Waals surface area contributed by atoms with E-state index in [1.165, 1.54) is 22.3 Å². The number of hydrogen-bond acceptors (Lipinski definition) is 15. The van der Waals surface area contributed by atoms with Crippen LogP contribution in [-0.4, -0.2) is 106 Å². The summed E-state index contributed by atoms with van der Waals surface area (Å²) in [5.74, 6) is 7.09. The van der Waals surface area contributed by atoms with Crippen molar-refractivity contribution in [3.05, 3.63) is 185 Å². The monoisotopic (exact) mass is 1080 g/mol. The average Bonchev–Trinajstić information content (AvgIpc) is 4.23. The van der Waals surface area contributed by atoms with Crippen molar-refractivity contribution in [1.29, 1.82) is 0 Å². The Morgan fingerprint density at radius 2 is 0.886 bits per heavy atom. The summed E-state index contributed by atoms with van der Waals surface area (Å²) < 4.78 is 48.8. The van der Waals surface area contributed by atoms with Gasteiger partial charge in [0.15, 0.2) is 25.3 Å². The van der Waals surface area contributed by atoms with Crippen LogP contribution in [0.1, 0.15) is 51.3 Å². The molecule has 0 bridgehead atoms. The Morgan fingerprint density at radius 1 is 0.506 bits per heavy atom.